The predicted octanol–water partition coefficient (Wildman–Crippen LogP) is 2.62. The summed E-state index contributed by atoms with van der Waals surface area (Å²) in [5.74, 6) is 0.807. The van der Waals surface area contributed by atoms with Crippen molar-refractivity contribution in [2.75, 3.05) is 5.32 Å². The van der Waals surface area contributed by atoms with E-state index in [0.29, 0.717) is 6.42 Å². The highest BCUT2D eigenvalue weighted by molar-refractivity contribution is 7.15. The lowest BCUT2D eigenvalue weighted by Crippen LogP contribution is -2.10. The molecule has 1 heterocycles. The Morgan fingerprint density at radius 2 is 2.47 bits per heavy atom. The maximum Gasteiger partial charge on any atom is 0.225 e. The normalized spacial score (nSPS) is 19.7. The molecule has 0 aromatic carbocycles. The maximum atomic E-state index is 11.2. The van der Waals surface area contributed by atoms with Crippen LogP contribution in [-0.4, -0.2) is 10.9 Å². The number of nitrogens with zero attached hydrogens (tertiary/aromatic N) is 1. The molecule has 1 aliphatic rings. The zero-order valence-corrected chi connectivity index (χ0v) is 9.99. The first-order valence-corrected chi connectivity index (χ1v) is 6.29. The van der Waals surface area contributed by atoms with Gasteiger partial charge in [-0.1, -0.05) is 13.8 Å². The summed E-state index contributed by atoms with van der Waals surface area (Å²) in [5, 5.41) is 3.61. The third-order valence-electron chi connectivity index (χ3n) is 2.75. The Morgan fingerprint density at radius 1 is 1.67 bits per heavy atom. The number of amides is 1. The highest BCUT2D eigenvalue weighted by Gasteiger charge is 2.19. The third kappa shape index (κ3) is 2.37. The van der Waals surface area contributed by atoms with Crippen LogP contribution in [0.1, 0.15) is 37.3 Å². The standard InChI is InChI=1S/C11H16N2OS/c1-3-10(14)13-11-12-8-5-4-7(2)6-9(8)15-11/h7H,3-6H2,1-2H3,(H,12,13,14). The van der Waals surface area contributed by atoms with Crippen LogP contribution >= 0.6 is 11.3 Å². The molecule has 1 aromatic rings. The molecule has 1 atom stereocenters. The molecule has 0 bridgehead atoms. The highest BCUT2D eigenvalue weighted by atomic mass is 32.1. The third-order valence-corrected chi connectivity index (χ3v) is 3.79. The number of anilines is 1. The van der Waals surface area contributed by atoms with E-state index in [1.165, 1.54) is 17.0 Å². The second-order valence-electron chi connectivity index (χ2n) is 4.14. The molecule has 1 aliphatic carbocycles. The van der Waals surface area contributed by atoms with E-state index in [9.17, 15) is 4.79 Å². The Balaban J connectivity index is 2.12. The summed E-state index contributed by atoms with van der Waals surface area (Å²) in [4.78, 5) is 17.0. The van der Waals surface area contributed by atoms with Gasteiger partial charge in [0.05, 0.1) is 5.69 Å². The van der Waals surface area contributed by atoms with Crippen molar-refractivity contribution < 1.29 is 4.79 Å². The Hall–Kier alpha value is -0.900. The number of aromatic nitrogens is 1. The quantitative estimate of drug-likeness (QED) is 0.839. The van der Waals surface area contributed by atoms with Crippen molar-refractivity contribution in [2.24, 2.45) is 5.92 Å². The number of carbonyl (C=O) groups excluding carboxylic acids is 1. The van der Waals surface area contributed by atoms with E-state index in [1.807, 2.05) is 6.92 Å². The van der Waals surface area contributed by atoms with Crippen molar-refractivity contribution >= 4 is 22.4 Å². The van der Waals surface area contributed by atoms with E-state index in [2.05, 4.69) is 17.2 Å². The first-order valence-electron chi connectivity index (χ1n) is 5.47. The first-order chi connectivity index (χ1) is 7.19. The number of nitrogens with one attached hydrogen (secondary N) is 1. The fourth-order valence-electron chi connectivity index (χ4n) is 1.80. The minimum absolute atomic E-state index is 0.0501. The lowest BCUT2D eigenvalue weighted by molar-refractivity contribution is -0.115. The number of carbonyl (C=O) groups is 1. The topological polar surface area (TPSA) is 42.0 Å². The molecular formula is C11H16N2OS. The molecule has 0 fully saturated rings. The molecule has 82 valence electrons. The number of thiazole rings is 1. The molecule has 0 saturated carbocycles. The highest BCUT2D eigenvalue weighted by Crippen LogP contribution is 2.31. The van der Waals surface area contributed by atoms with Crippen LogP contribution < -0.4 is 5.32 Å². The molecule has 0 spiro atoms. The molecule has 3 nitrogen and oxygen atoms in total. The van der Waals surface area contributed by atoms with Crippen molar-refractivity contribution in [1.82, 2.24) is 4.98 Å². The van der Waals surface area contributed by atoms with Crippen LogP contribution in [0.15, 0.2) is 0 Å². The second-order valence-corrected chi connectivity index (χ2v) is 5.22. The van der Waals surface area contributed by atoms with E-state index in [-0.39, 0.29) is 5.91 Å². The number of hydrogen-bond donors (Lipinski definition) is 1. The fourth-order valence-corrected chi connectivity index (χ4v) is 2.99. The molecular weight excluding hydrogens is 208 g/mol. The molecule has 2 rings (SSSR count). The molecule has 0 radical (unpaired) electrons. The van der Waals surface area contributed by atoms with Gasteiger partial charge < -0.3 is 5.32 Å². The molecule has 0 saturated heterocycles. The van der Waals surface area contributed by atoms with Crippen LogP contribution in [-0.2, 0) is 17.6 Å². The lowest BCUT2D eigenvalue weighted by atomic mass is 9.93. The fraction of sp³-hybridized carbons (Fsp3) is 0.636. The minimum Gasteiger partial charge on any atom is -0.302 e. The van der Waals surface area contributed by atoms with Crippen molar-refractivity contribution in [3.63, 3.8) is 0 Å². The van der Waals surface area contributed by atoms with Crippen LogP contribution in [0.2, 0.25) is 0 Å². The molecule has 1 amide bonds. The van der Waals surface area contributed by atoms with Gasteiger partial charge in [-0.15, -0.1) is 11.3 Å². The van der Waals surface area contributed by atoms with Gasteiger partial charge in [-0.25, -0.2) is 4.98 Å². The smallest absolute Gasteiger partial charge is 0.225 e. The van der Waals surface area contributed by atoms with E-state index < -0.39 is 0 Å². The van der Waals surface area contributed by atoms with Crippen molar-refractivity contribution in [1.29, 1.82) is 0 Å². The van der Waals surface area contributed by atoms with Crippen molar-refractivity contribution in [2.45, 2.75) is 39.5 Å². The lowest BCUT2D eigenvalue weighted by Gasteiger charge is -2.15. The van der Waals surface area contributed by atoms with Crippen LogP contribution in [0.5, 0.6) is 0 Å². The van der Waals surface area contributed by atoms with Gasteiger partial charge in [0.25, 0.3) is 0 Å². The van der Waals surface area contributed by atoms with Crippen LogP contribution in [0.3, 0.4) is 0 Å². The predicted molar refractivity (Wildman–Crippen MR) is 62.2 cm³/mol. The van der Waals surface area contributed by atoms with Crippen molar-refractivity contribution in [3.05, 3.63) is 10.6 Å². The van der Waals surface area contributed by atoms with Gasteiger partial charge in [0.15, 0.2) is 5.13 Å². The molecule has 4 heteroatoms. The zero-order chi connectivity index (χ0) is 10.8. The van der Waals surface area contributed by atoms with Crippen molar-refractivity contribution in [3.8, 4) is 0 Å². The van der Waals surface area contributed by atoms with Gasteiger partial charge >= 0.3 is 0 Å². The molecule has 1 aromatic heterocycles. The Labute approximate surface area is 93.9 Å². The Kier molecular flexibility index (Phi) is 3.05. The molecule has 15 heavy (non-hydrogen) atoms. The summed E-state index contributed by atoms with van der Waals surface area (Å²) in [6, 6.07) is 0. The van der Waals surface area contributed by atoms with Gasteiger partial charge in [0, 0.05) is 11.3 Å². The van der Waals surface area contributed by atoms with E-state index in [4.69, 9.17) is 0 Å². The van der Waals surface area contributed by atoms with Crippen LogP contribution in [0.4, 0.5) is 5.13 Å². The SMILES string of the molecule is CCC(=O)Nc1nc2c(s1)CC(C)CC2. The van der Waals surface area contributed by atoms with E-state index in [1.54, 1.807) is 11.3 Å². The zero-order valence-electron chi connectivity index (χ0n) is 9.17. The van der Waals surface area contributed by atoms with Gasteiger partial charge in [-0.3, -0.25) is 4.79 Å². The molecule has 1 N–H and O–H groups in total. The van der Waals surface area contributed by atoms with Crippen LogP contribution in [0.25, 0.3) is 0 Å². The molecule has 1 unspecified atom stereocenters. The Morgan fingerprint density at radius 3 is 3.20 bits per heavy atom. The summed E-state index contributed by atoms with van der Waals surface area (Å²) in [7, 11) is 0. The first kappa shape index (κ1) is 10.6. The summed E-state index contributed by atoms with van der Waals surface area (Å²) in [6.45, 7) is 4.12. The summed E-state index contributed by atoms with van der Waals surface area (Å²) in [6.07, 6.45) is 3.92. The maximum absolute atomic E-state index is 11.2. The van der Waals surface area contributed by atoms with Gasteiger partial charge in [0.1, 0.15) is 0 Å². The van der Waals surface area contributed by atoms with Crippen LogP contribution in [0, 0.1) is 5.92 Å². The minimum atomic E-state index is 0.0501. The number of fused-ring (bicyclic) bond motifs is 1. The van der Waals surface area contributed by atoms with Gasteiger partial charge in [-0.05, 0) is 25.2 Å². The Bertz CT molecular complexity index is 373. The average molecular weight is 224 g/mol. The largest absolute Gasteiger partial charge is 0.302 e. The van der Waals surface area contributed by atoms with E-state index >= 15 is 0 Å². The number of aryl methyl sites for hydroxylation is 1. The number of rotatable bonds is 2. The van der Waals surface area contributed by atoms with E-state index in [0.717, 1.165) is 23.9 Å². The summed E-state index contributed by atoms with van der Waals surface area (Å²) < 4.78 is 0. The number of hydrogen-bond acceptors (Lipinski definition) is 3. The summed E-state index contributed by atoms with van der Waals surface area (Å²) in [5.41, 5.74) is 1.20. The van der Waals surface area contributed by atoms with Gasteiger partial charge in [0.2, 0.25) is 5.91 Å². The summed E-state index contributed by atoms with van der Waals surface area (Å²) >= 11 is 1.64. The molecule has 0 aliphatic heterocycles. The van der Waals surface area contributed by atoms with Gasteiger partial charge in [-0.2, -0.15) is 0 Å². The monoisotopic (exact) mass is 224 g/mol. The average Bonchev–Trinajstić information content (AvgIpc) is 2.59. The second kappa shape index (κ2) is 4.31.